The molecular formula is C12H17N3S3. The van der Waals surface area contributed by atoms with Crippen LogP contribution in [-0.2, 0) is 0 Å². The molecule has 0 bridgehead atoms. The van der Waals surface area contributed by atoms with E-state index in [0.29, 0.717) is 0 Å². The SMILES string of the molecule is CC(CCC(CCCCN=C=S)N=C=S)N=C=S. The van der Waals surface area contributed by atoms with Gasteiger partial charge in [-0.25, -0.2) is 15.0 Å². The molecule has 0 aromatic heterocycles. The molecule has 0 amide bonds. The van der Waals surface area contributed by atoms with Crippen LogP contribution in [0.1, 0.15) is 39.0 Å². The molecular weight excluding hydrogens is 282 g/mol. The lowest BCUT2D eigenvalue weighted by Gasteiger charge is -2.11. The molecule has 3 nitrogen and oxygen atoms in total. The second-order valence-corrected chi connectivity index (χ2v) is 4.54. The summed E-state index contributed by atoms with van der Waals surface area (Å²) in [4.78, 5) is 12.1. The van der Waals surface area contributed by atoms with Gasteiger partial charge in [-0.3, -0.25) is 0 Å². The predicted octanol–water partition coefficient (Wildman–Crippen LogP) is 4.00. The van der Waals surface area contributed by atoms with Crippen molar-refractivity contribution >= 4 is 52.1 Å². The molecule has 0 saturated heterocycles. The Morgan fingerprint density at radius 1 is 0.889 bits per heavy atom. The summed E-state index contributed by atoms with van der Waals surface area (Å²) in [5.74, 6) is 0. The van der Waals surface area contributed by atoms with Crippen LogP contribution >= 0.6 is 36.7 Å². The molecule has 0 radical (unpaired) electrons. The molecule has 0 fully saturated rings. The molecule has 18 heavy (non-hydrogen) atoms. The van der Waals surface area contributed by atoms with Gasteiger partial charge in [0.25, 0.3) is 0 Å². The molecule has 6 heteroatoms. The molecule has 2 atom stereocenters. The third-order valence-corrected chi connectivity index (χ3v) is 2.89. The van der Waals surface area contributed by atoms with Crippen molar-refractivity contribution in [2.75, 3.05) is 6.54 Å². The molecule has 0 N–H and O–H groups in total. The van der Waals surface area contributed by atoms with Crippen LogP contribution in [0.2, 0.25) is 0 Å². The highest BCUT2D eigenvalue weighted by molar-refractivity contribution is 7.78. The van der Waals surface area contributed by atoms with Gasteiger partial charge in [-0.15, -0.1) is 0 Å². The Morgan fingerprint density at radius 2 is 1.61 bits per heavy atom. The molecule has 0 aromatic carbocycles. The largest absolute Gasteiger partial charge is 0.233 e. The van der Waals surface area contributed by atoms with Crippen molar-refractivity contribution in [3.63, 3.8) is 0 Å². The lowest BCUT2D eigenvalue weighted by molar-refractivity contribution is 0.499. The zero-order valence-corrected chi connectivity index (χ0v) is 12.9. The summed E-state index contributed by atoms with van der Waals surface area (Å²) in [6.07, 6.45) is 4.93. The minimum absolute atomic E-state index is 0.199. The van der Waals surface area contributed by atoms with Gasteiger partial charge in [-0.05, 0) is 75.7 Å². The summed E-state index contributed by atoms with van der Waals surface area (Å²) in [6, 6.07) is 0.423. The van der Waals surface area contributed by atoms with Crippen molar-refractivity contribution in [3.05, 3.63) is 0 Å². The Kier molecular flexibility index (Phi) is 12.4. The quantitative estimate of drug-likeness (QED) is 0.347. The van der Waals surface area contributed by atoms with Crippen LogP contribution in [0.25, 0.3) is 0 Å². The van der Waals surface area contributed by atoms with E-state index in [1.807, 2.05) is 6.92 Å². The normalized spacial score (nSPS) is 12.5. The van der Waals surface area contributed by atoms with E-state index in [0.717, 1.165) is 38.6 Å². The van der Waals surface area contributed by atoms with E-state index in [2.05, 4.69) is 67.1 Å². The number of hydrogen-bond acceptors (Lipinski definition) is 6. The highest BCUT2D eigenvalue weighted by Crippen LogP contribution is 2.13. The minimum atomic E-state index is 0.199. The molecule has 0 aliphatic heterocycles. The molecule has 2 unspecified atom stereocenters. The number of isothiocyanates is 3. The van der Waals surface area contributed by atoms with Gasteiger partial charge in [0.05, 0.1) is 27.6 Å². The molecule has 0 aromatic rings. The van der Waals surface area contributed by atoms with Crippen molar-refractivity contribution < 1.29 is 0 Å². The van der Waals surface area contributed by atoms with Crippen LogP contribution in [0, 0.1) is 0 Å². The smallest absolute Gasteiger partial charge is 0.0603 e. The summed E-state index contributed by atoms with van der Waals surface area (Å²) >= 11 is 13.8. The predicted molar refractivity (Wildman–Crippen MR) is 86.3 cm³/mol. The third kappa shape index (κ3) is 10.5. The summed E-state index contributed by atoms with van der Waals surface area (Å²) in [5.41, 5.74) is 0. The van der Waals surface area contributed by atoms with E-state index in [4.69, 9.17) is 0 Å². The first kappa shape index (κ1) is 17.4. The van der Waals surface area contributed by atoms with Crippen molar-refractivity contribution in [2.45, 2.75) is 51.1 Å². The number of aliphatic imine (C=N–C) groups is 3. The monoisotopic (exact) mass is 299 g/mol. The Bertz CT molecular complexity index is 365. The van der Waals surface area contributed by atoms with E-state index >= 15 is 0 Å². The standard InChI is InChI=1S/C12H17N3S3/c1-11(14-9-17)5-6-12(15-10-18)4-2-3-7-13-8-16/h11-12H,2-7H2,1H3. The van der Waals surface area contributed by atoms with E-state index in [-0.39, 0.29) is 12.1 Å². The van der Waals surface area contributed by atoms with Crippen LogP contribution in [0.4, 0.5) is 0 Å². The van der Waals surface area contributed by atoms with E-state index in [9.17, 15) is 0 Å². The topological polar surface area (TPSA) is 37.1 Å². The van der Waals surface area contributed by atoms with Crippen LogP contribution in [0.3, 0.4) is 0 Å². The van der Waals surface area contributed by atoms with Crippen molar-refractivity contribution in [1.82, 2.24) is 0 Å². The average molecular weight is 299 g/mol. The lowest BCUT2D eigenvalue weighted by Crippen LogP contribution is -2.08. The van der Waals surface area contributed by atoms with Gasteiger partial charge in [-0.1, -0.05) is 0 Å². The third-order valence-electron chi connectivity index (χ3n) is 2.55. The van der Waals surface area contributed by atoms with Crippen LogP contribution in [0.15, 0.2) is 15.0 Å². The molecule has 0 aliphatic carbocycles. The Hall–Kier alpha value is -0.600. The molecule has 0 aliphatic rings. The number of thiocarbonyl (C=S) groups is 3. The fourth-order valence-electron chi connectivity index (χ4n) is 1.55. The summed E-state index contributed by atoms with van der Waals surface area (Å²) in [7, 11) is 0. The number of nitrogens with zero attached hydrogens (tertiary/aromatic N) is 3. The van der Waals surface area contributed by atoms with Gasteiger partial charge < -0.3 is 0 Å². The second-order valence-electron chi connectivity index (χ2n) is 3.99. The highest BCUT2D eigenvalue weighted by Gasteiger charge is 2.08. The zero-order chi connectivity index (χ0) is 13.6. The number of unbranched alkanes of at least 4 members (excludes halogenated alkanes) is 1. The van der Waals surface area contributed by atoms with Gasteiger partial charge in [0.1, 0.15) is 0 Å². The van der Waals surface area contributed by atoms with E-state index in [1.165, 1.54) is 0 Å². The van der Waals surface area contributed by atoms with E-state index < -0.39 is 0 Å². The maximum absolute atomic E-state index is 4.67. The van der Waals surface area contributed by atoms with Crippen molar-refractivity contribution in [3.8, 4) is 0 Å². The van der Waals surface area contributed by atoms with Gasteiger partial charge in [0.15, 0.2) is 0 Å². The van der Waals surface area contributed by atoms with Crippen molar-refractivity contribution in [1.29, 1.82) is 0 Å². The van der Waals surface area contributed by atoms with Crippen molar-refractivity contribution in [2.24, 2.45) is 15.0 Å². The average Bonchev–Trinajstić information content (AvgIpc) is 2.36. The Balaban J connectivity index is 3.95. The maximum Gasteiger partial charge on any atom is 0.0603 e. The Morgan fingerprint density at radius 3 is 2.22 bits per heavy atom. The highest BCUT2D eigenvalue weighted by atomic mass is 32.1. The molecule has 0 spiro atoms. The maximum atomic E-state index is 4.67. The van der Waals surface area contributed by atoms with Crippen LogP contribution in [-0.4, -0.2) is 34.1 Å². The lowest BCUT2D eigenvalue weighted by atomic mass is 10.0. The number of rotatable bonds is 10. The fourth-order valence-corrected chi connectivity index (χ4v) is 1.97. The van der Waals surface area contributed by atoms with Gasteiger partial charge in [0.2, 0.25) is 0 Å². The Labute approximate surface area is 125 Å². The van der Waals surface area contributed by atoms with Gasteiger partial charge in [0, 0.05) is 6.54 Å². The fraction of sp³-hybridized carbons (Fsp3) is 0.750. The molecule has 0 saturated carbocycles. The number of hydrogen-bond donors (Lipinski definition) is 0. The molecule has 0 heterocycles. The second kappa shape index (κ2) is 12.8. The van der Waals surface area contributed by atoms with Crippen LogP contribution < -0.4 is 0 Å². The molecule has 98 valence electrons. The summed E-state index contributed by atoms with van der Waals surface area (Å²) in [5, 5.41) is 7.23. The van der Waals surface area contributed by atoms with Crippen LogP contribution in [0.5, 0.6) is 0 Å². The van der Waals surface area contributed by atoms with E-state index in [1.54, 1.807) is 0 Å². The minimum Gasteiger partial charge on any atom is -0.233 e. The zero-order valence-electron chi connectivity index (χ0n) is 10.5. The van der Waals surface area contributed by atoms with Gasteiger partial charge in [-0.2, -0.15) is 0 Å². The summed E-state index contributed by atoms with van der Waals surface area (Å²) in [6.45, 7) is 2.76. The first-order valence-corrected chi connectivity index (χ1v) is 7.14. The molecule has 0 rings (SSSR count). The van der Waals surface area contributed by atoms with Gasteiger partial charge >= 0.3 is 0 Å². The summed E-state index contributed by atoms with van der Waals surface area (Å²) < 4.78 is 0. The first-order chi connectivity index (χ1) is 8.74. The first-order valence-electron chi connectivity index (χ1n) is 5.92.